The molecule has 0 unspecified atom stereocenters. The minimum atomic E-state index is -0.834. The van der Waals surface area contributed by atoms with Gasteiger partial charge in [0.15, 0.2) is 0 Å². The van der Waals surface area contributed by atoms with E-state index in [4.69, 9.17) is 5.11 Å². The van der Waals surface area contributed by atoms with Gasteiger partial charge in [-0.05, 0) is 12.0 Å². The summed E-state index contributed by atoms with van der Waals surface area (Å²) < 4.78 is 0. The zero-order valence-corrected chi connectivity index (χ0v) is 6.42. The Morgan fingerprint density at radius 2 is 2.55 bits per heavy atom. The molecule has 0 saturated carbocycles. The molecule has 1 aliphatic heterocycles. The lowest BCUT2D eigenvalue weighted by Gasteiger charge is -2.11. The van der Waals surface area contributed by atoms with E-state index >= 15 is 0 Å². The predicted octanol–water partition coefficient (Wildman–Crippen LogP) is 0.895. The maximum Gasteiger partial charge on any atom is 0.335 e. The van der Waals surface area contributed by atoms with Crippen molar-refractivity contribution in [2.75, 3.05) is 6.54 Å². The van der Waals surface area contributed by atoms with E-state index in [0.717, 1.165) is 12.0 Å². The van der Waals surface area contributed by atoms with E-state index in [2.05, 4.69) is 5.32 Å². The smallest absolute Gasteiger partial charge is 0.335 e. The summed E-state index contributed by atoms with van der Waals surface area (Å²) in [6, 6.07) is 0. The van der Waals surface area contributed by atoms with Crippen LogP contribution in [0.25, 0.3) is 0 Å². The summed E-state index contributed by atoms with van der Waals surface area (Å²) in [5, 5.41) is 11.7. The highest BCUT2D eigenvalue weighted by molar-refractivity contribution is 5.92. The zero-order valence-electron chi connectivity index (χ0n) is 6.42. The second kappa shape index (κ2) is 3.23. The molecule has 0 aliphatic carbocycles. The maximum atomic E-state index is 10.6. The summed E-state index contributed by atoms with van der Waals surface area (Å²) in [7, 11) is 0. The molecule has 0 aromatic carbocycles. The molecule has 3 heteroatoms. The van der Waals surface area contributed by atoms with Gasteiger partial charge in [-0.25, -0.2) is 4.79 Å². The molecule has 0 radical (unpaired) electrons. The van der Waals surface area contributed by atoms with Crippen molar-refractivity contribution in [1.82, 2.24) is 5.32 Å². The third-order valence-corrected chi connectivity index (χ3v) is 1.66. The first-order chi connectivity index (χ1) is 5.25. The SMILES string of the molecule is CCC1=CNCC=C1C(=O)O. The number of aliphatic carboxylic acids is 1. The lowest BCUT2D eigenvalue weighted by atomic mass is 10.0. The van der Waals surface area contributed by atoms with E-state index in [-0.39, 0.29) is 0 Å². The first-order valence-corrected chi connectivity index (χ1v) is 3.62. The van der Waals surface area contributed by atoms with Crippen molar-refractivity contribution >= 4 is 5.97 Å². The molecule has 0 amide bonds. The highest BCUT2D eigenvalue weighted by Crippen LogP contribution is 2.15. The van der Waals surface area contributed by atoms with Gasteiger partial charge in [0, 0.05) is 12.7 Å². The van der Waals surface area contributed by atoms with Crippen LogP contribution in [-0.4, -0.2) is 17.6 Å². The molecule has 60 valence electrons. The molecule has 0 aromatic heterocycles. The van der Waals surface area contributed by atoms with Gasteiger partial charge in [-0.15, -0.1) is 0 Å². The Kier molecular flexibility index (Phi) is 2.31. The molecule has 0 spiro atoms. The van der Waals surface area contributed by atoms with Crippen LogP contribution in [-0.2, 0) is 4.79 Å². The van der Waals surface area contributed by atoms with E-state index in [1.807, 2.05) is 6.92 Å². The molecular formula is C8H11NO2. The van der Waals surface area contributed by atoms with E-state index in [0.29, 0.717) is 12.1 Å². The summed E-state index contributed by atoms with van der Waals surface area (Å²) in [6.07, 6.45) is 4.22. The van der Waals surface area contributed by atoms with Gasteiger partial charge in [-0.1, -0.05) is 13.0 Å². The first-order valence-electron chi connectivity index (χ1n) is 3.62. The number of nitrogens with one attached hydrogen (secondary N) is 1. The Balaban J connectivity index is 2.83. The zero-order chi connectivity index (χ0) is 8.27. The number of dihydropyridines is 1. The second-order valence-corrected chi connectivity index (χ2v) is 2.35. The fourth-order valence-corrected chi connectivity index (χ4v) is 1.07. The van der Waals surface area contributed by atoms with E-state index < -0.39 is 5.97 Å². The maximum absolute atomic E-state index is 10.6. The van der Waals surface area contributed by atoms with Crippen molar-refractivity contribution in [2.45, 2.75) is 13.3 Å². The summed E-state index contributed by atoms with van der Waals surface area (Å²) in [5.74, 6) is -0.834. The number of carbonyl (C=O) groups is 1. The summed E-state index contributed by atoms with van der Waals surface area (Å²) in [4.78, 5) is 10.6. The van der Waals surface area contributed by atoms with Gasteiger partial charge < -0.3 is 10.4 Å². The largest absolute Gasteiger partial charge is 0.478 e. The van der Waals surface area contributed by atoms with Crippen molar-refractivity contribution in [2.24, 2.45) is 0 Å². The molecule has 0 fully saturated rings. The van der Waals surface area contributed by atoms with Crippen LogP contribution >= 0.6 is 0 Å². The molecule has 3 nitrogen and oxygen atoms in total. The van der Waals surface area contributed by atoms with Gasteiger partial charge in [0.2, 0.25) is 0 Å². The van der Waals surface area contributed by atoms with Gasteiger partial charge in [0.1, 0.15) is 0 Å². The monoisotopic (exact) mass is 153 g/mol. The minimum absolute atomic E-state index is 0.436. The Bertz CT molecular complexity index is 228. The number of hydrogen-bond acceptors (Lipinski definition) is 2. The molecule has 1 aliphatic rings. The van der Waals surface area contributed by atoms with Crippen molar-refractivity contribution in [3.8, 4) is 0 Å². The van der Waals surface area contributed by atoms with Crippen molar-refractivity contribution in [3.63, 3.8) is 0 Å². The van der Waals surface area contributed by atoms with Crippen molar-refractivity contribution < 1.29 is 9.90 Å². The predicted molar refractivity (Wildman–Crippen MR) is 42.1 cm³/mol. The quantitative estimate of drug-likeness (QED) is 0.619. The van der Waals surface area contributed by atoms with Crippen LogP contribution in [0, 0.1) is 0 Å². The van der Waals surface area contributed by atoms with Crippen LogP contribution in [0.15, 0.2) is 23.4 Å². The Hall–Kier alpha value is -1.25. The van der Waals surface area contributed by atoms with E-state index in [9.17, 15) is 4.79 Å². The molecule has 1 heterocycles. The van der Waals surface area contributed by atoms with Gasteiger partial charge in [0.25, 0.3) is 0 Å². The standard InChI is InChI=1S/C8H11NO2/c1-2-6-5-9-4-3-7(6)8(10)11/h3,5,9H,2,4H2,1H3,(H,10,11). The highest BCUT2D eigenvalue weighted by Gasteiger charge is 2.12. The molecular weight excluding hydrogens is 142 g/mol. The van der Waals surface area contributed by atoms with Crippen LogP contribution in [0.4, 0.5) is 0 Å². The van der Waals surface area contributed by atoms with Crippen LogP contribution in [0.1, 0.15) is 13.3 Å². The Morgan fingerprint density at radius 3 is 3.00 bits per heavy atom. The van der Waals surface area contributed by atoms with Crippen molar-refractivity contribution in [3.05, 3.63) is 23.4 Å². The molecule has 11 heavy (non-hydrogen) atoms. The van der Waals surface area contributed by atoms with Crippen LogP contribution < -0.4 is 5.32 Å². The van der Waals surface area contributed by atoms with Gasteiger partial charge in [-0.2, -0.15) is 0 Å². The van der Waals surface area contributed by atoms with Crippen LogP contribution in [0.3, 0.4) is 0 Å². The second-order valence-electron chi connectivity index (χ2n) is 2.35. The summed E-state index contributed by atoms with van der Waals surface area (Å²) in [6.45, 7) is 2.56. The molecule has 0 saturated heterocycles. The highest BCUT2D eigenvalue weighted by atomic mass is 16.4. The van der Waals surface area contributed by atoms with E-state index in [1.165, 1.54) is 0 Å². The Labute approximate surface area is 65.4 Å². The lowest BCUT2D eigenvalue weighted by Crippen LogP contribution is -2.16. The van der Waals surface area contributed by atoms with Crippen molar-refractivity contribution in [1.29, 1.82) is 0 Å². The molecule has 0 aromatic rings. The topological polar surface area (TPSA) is 49.3 Å². The first kappa shape index (κ1) is 7.85. The Morgan fingerprint density at radius 1 is 1.82 bits per heavy atom. The number of carboxylic acid groups (broad SMARTS) is 1. The minimum Gasteiger partial charge on any atom is -0.478 e. The van der Waals surface area contributed by atoms with Crippen LogP contribution in [0.5, 0.6) is 0 Å². The summed E-state index contributed by atoms with van der Waals surface area (Å²) in [5.41, 5.74) is 1.30. The van der Waals surface area contributed by atoms with E-state index in [1.54, 1.807) is 12.3 Å². The van der Waals surface area contributed by atoms with Gasteiger partial charge in [-0.3, -0.25) is 0 Å². The fourth-order valence-electron chi connectivity index (χ4n) is 1.07. The number of hydrogen-bond donors (Lipinski definition) is 2. The lowest BCUT2D eigenvalue weighted by molar-refractivity contribution is -0.132. The average Bonchev–Trinajstić information content (AvgIpc) is 2.04. The normalized spacial score (nSPS) is 16.5. The number of carboxylic acids is 1. The third kappa shape index (κ3) is 1.61. The average molecular weight is 153 g/mol. The molecule has 0 bridgehead atoms. The van der Waals surface area contributed by atoms with Crippen LogP contribution in [0.2, 0.25) is 0 Å². The number of rotatable bonds is 2. The molecule has 1 rings (SSSR count). The van der Waals surface area contributed by atoms with Gasteiger partial charge in [0.05, 0.1) is 5.57 Å². The van der Waals surface area contributed by atoms with Gasteiger partial charge >= 0.3 is 5.97 Å². The molecule has 2 N–H and O–H groups in total. The third-order valence-electron chi connectivity index (χ3n) is 1.66. The summed E-state index contributed by atoms with van der Waals surface area (Å²) >= 11 is 0. The fraction of sp³-hybridized carbons (Fsp3) is 0.375. The molecule has 0 atom stereocenters.